The van der Waals surface area contributed by atoms with E-state index >= 15 is 0 Å². The second kappa shape index (κ2) is 8.68. The van der Waals surface area contributed by atoms with Gasteiger partial charge in [0.05, 0.1) is 6.54 Å². The Morgan fingerprint density at radius 3 is 2.47 bits per heavy atom. The Hall–Kier alpha value is -3.53. The van der Waals surface area contributed by atoms with E-state index in [4.69, 9.17) is 16.0 Å². The van der Waals surface area contributed by atoms with Crippen molar-refractivity contribution in [1.29, 1.82) is 0 Å². The summed E-state index contributed by atoms with van der Waals surface area (Å²) in [6.45, 7) is 9.41. The van der Waals surface area contributed by atoms with E-state index in [1.165, 1.54) is 0 Å². The first-order valence-corrected chi connectivity index (χ1v) is 11.5. The topological polar surface area (TPSA) is 106 Å². The van der Waals surface area contributed by atoms with Crippen LogP contribution >= 0.6 is 11.6 Å². The molecule has 1 aliphatic rings. The molecule has 5 rings (SSSR count). The van der Waals surface area contributed by atoms with Gasteiger partial charge in [-0.25, -0.2) is 4.98 Å². The first-order chi connectivity index (χ1) is 16.2. The summed E-state index contributed by atoms with van der Waals surface area (Å²) in [5, 5.41) is 13.1. The van der Waals surface area contributed by atoms with E-state index in [9.17, 15) is 4.79 Å². The van der Waals surface area contributed by atoms with Gasteiger partial charge in [0.1, 0.15) is 5.15 Å². The number of oxazole rings is 1. The minimum atomic E-state index is -0.0124. The normalized spacial score (nSPS) is 14.7. The van der Waals surface area contributed by atoms with Crippen LogP contribution in [-0.2, 0) is 6.54 Å². The first-order valence-electron chi connectivity index (χ1n) is 11.1. The molecule has 0 atom stereocenters. The Labute approximate surface area is 201 Å². The number of amides is 1. The minimum Gasteiger partial charge on any atom is -0.422 e. The van der Waals surface area contributed by atoms with Gasteiger partial charge in [-0.2, -0.15) is 9.78 Å². The summed E-state index contributed by atoms with van der Waals surface area (Å²) in [5.41, 5.74) is 2.58. The molecule has 3 aromatic heterocycles. The number of tetrazole rings is 1. The number of nitrogens with zero attached hydrogens (tertiary/aromatic N) is 8. The SMILES string of the molecule is CC(C)(C)Cn1nnc(-c2ccc(C(=O)N3CCN(c4nc5nc(Cl)ccc5o4)CC3)cc2)n1. The molecule has 1 aromatic carbocycles. The van der Waals surface area contributed by atoms with Gasteiger partial charge in [0.25, 0.3) is 11.9 Å². The number of carbonyl (C=O) groups is 1. The van der Waals surface area contributed by atoms with E-state index in [2.05, 4.69) is 46.1 Å². The van der Waals surface area contributed by atoms with Crippen molar-refractivity contribution in [2.45, 2.75) is 27.3 Å². The molecule has 0 bridgehead atoms. The lowest BCUT2D eigenvalue weighted by atomic mass is 9.97. The third kappa shape index (κ3) is 4.72. The molecular formula is C23H25ClN8O2. The van der Waals surface area contributed by atoms with Crippen LogP contribution in [0.15, 0.2) is 40.8 Å². The number of aromatic nitrogens is 6. The Bertz CT molecular complexity index is 1320. The van der Waals surface area contributed by atoms with Crippen molar-refractivity contribution in [3.63, 3.8) is 0 Å². The molecule has 34 heavy (non-hydrogen) atoms. The van der Waals surface area contributed by atoms with Crippen molar-refractivity contribution in [1.82, 2.24) is 35.1 Å². The van der Waals surface area contributed by atoms with Gasteiger partial charge < -0.3 is 14.2 Å². The fourth-order valence-corrected chi connectivity index (χ4v) is 3.96. The molecule has 10 nitrogen and oxygen atoms in total. The zero-order chi connectivity index (χ0) is 23.9. The van der Waals surface area contributed by atoms with Crippen LogP contribution in [0.2, 0.25) is 5.15 Å². The zero-order valence-corrected chi connectivity index (χ0v) is 20.0. The van der Waals surface area contributed by atoms with Crippen molar-refractivity contribution in [3.8, 4) is 11.4 Å². The summed E-state index contributed by atoms with van der Waals surface area (Å²) < 4.78 is 5.80. The monoisotopic (exact) mass is 480 g/mol. The van der Waals surface area contributed by atoms with Crippen molar-refractivity contribution >= 4 is 34.8 Å². The van der Waals surface area contributed by atoms with Gasteiger partial charge in [-0.05, 0) is 34.9 Å². The highest BCUT2D eigenvalue weighted by molar-refractivity contribution is 6.29. The highest BCUT2D eigenvalue weighted by Gasteiger charge is 2.25. The number of anilines is 1. The Morgan fingerprint density at radius 2 is 1.76 bits per heavy atom. The lowest BCUT2D eigenvalue weighted by Gasteiger charge is -2.33. The van der Waals surface area contributed by atoms with Crippen LogP contribution in [0.4, 0.5) is 6.01 Å². The number of hydrogen-bond acceptors (Lipinski definition) is 8. The van der Waals surface area contributed by atoms with Crippen molar-refractivity contribution in [3.05, 3.63) is 47.1 Å². The van der Waals surface area contributed by atoms with Crippen LogP contribution in [0.1, 0.15) is 31.1 Å². The number of pyridine rings is 1. The van der Waals surface area contributed by atoms with Crippen LogP contribution in [0.25, 0.3) is 22.6 Å². The average molecular weight is 481 g/mol. The van der Waals surface area contributed by atoms with Gasteiger partial charge in [0.15, 0.2) is 5.58 Å². The van der Waals surface area contributed by atoms with E-state index in [1.54, 1.807) is 16.9 Å². The van der Waals surface area contributed by atoms with Gasteiger partial charge in [-0.3, -0.25) is 4.79 Å². The Kier molecular flexibility index (Phi) is 5.68. The molecular weight excluding hydrogens is 456 g/mol. The van der Waals surface area contributed by atoms with Gasteiger partial charge in [-0.15, -0.1) is 10.2 Å². The number of rotatable bonds is 4. The van der Waals surface area contributed by atoms with Gasteiger partial charge in [-0.1, -0.05) is 44.5 Å². The minimum absolute atomic E-state index is 0.0124. The number of hydrogen-bond donors (Lipinski definition) is 0. The highest BCUT2D eigenvalue weighted by Crippen LogP contribution is 2.24. The molecule has 176 valence electrons. The molecule has 0 saturated carbocycles. The third-order valence-electron chi connectivity index (χ3n) is 5.50. The number of carbonyl (C=O) groups excluding carboxylic acids is 1. The summed E-state index contributed by atoms with van der Waals surface area (Å²) in [7, 11) is 0. The lowest BCUT2D eigenvalue weighted by molar-refractivity contribution is 0.0745. The van der Waals surface area contributed by atoms with Crippen molar-refractivity contribution in [2.24, 2.45) is 5.41 Å². The standard InChI is InChI=1S/C23H25ClN8O2/c1-23(2,3)14-32-28-19(27-29-32)15-4-6-16(7-5-15)21(33)30-10-12-31(13-11-30)22-26-20-17(34-22)8-9-18(24)25-20/h4-9H,10-14H2,1-3H3. The Balaban J connectivity index is 1.21. The first kappa shape index (κ1) is 22.3. The second-order valence-corrected chi connectivity index (χ2v) is 9.90. The molecule has 1 aliphatic heterocycles. The third-order valence-corrected chi connectivity index (χ3v) is 5.71. The maximum atomic E-state index is 13.0. The van der Waals surface area contributed by atoms with E-state index in [0.29, 0.717) is 66.5 Å². The summed E-state index contributed by atoms with van der Waals surface area (Å²) in [5.74, 6) is 0.535. The average Bonchev–Trinajstić information content (AvgIpc) is 3.44. The summed E-state index contributed by atoms with van der Waals surface area (Å²) in [4.78, 5) is 27.1. The van der Waals surface area contributed by atoms with Gasteiger partial charge in [0.2, 0.25) is 11.5 Å². The molecule has 1 fully saturated rings. The maximum absolute atomic E-state index is 13.0. The Morgan fingerprint density at radius 1 is 1.03 bits per heavy atom. The molecule has 0 radical (unpaired) electrons. The zero-order valence-electron chi connectivity index (χ0n) is 19.3. The molecule has 0 N–H and O–H groups in total. The summed E-state index contributed by atoms with van der Waals surface area (Å²) in [6, 6.07) is 11.3. The lowest BCUT2D eigenvalue weighted by Crippen LogP contribution is -2.48. The van der Waals surface area contributed by atoms with E-state index < -0.39 is 0 Å². The molecule has 0 unspecified atom stereocenters. The van der Waals surface area contributed by atoms with Crippen LogP contribution in [-0.4, -0.2) is 67.2 Å². The quantitative estimate of drug-likeness (QED) is 0.408. The number of fused-ring (bicyclic) bond motifs is 1. The van der Waals surface area contributed by atoms with Gasteiger partial charge >= 0.3 is 0 Å². The predicted octanol–water partition coefficient (Wildman–Crippen LogP) is 3.54. The smallest absolute Gasteiger partial charge is 0.300 e. The highest BCUT2D eigenvalue weighted by atomic mass is 35.5. The number of piperazine rings is 1. The second-order valence-electron chi connectivity index (χ2n) is 9.51. The van der Waals surface area contributed by atoms with Gasteiger partial charge in [0, 0.05) is 37.3 Å². The molecule has 1 amide bonds. The van der Waals surface area contributed by atoms with Crippen LogP contribution in [0.3, 0.4) is 0 Å². The maximum Gasteiger partial charge on any atom is 0.300 e. The molecule has 0 spiro atoms. The molecule has 0 aliphatic carbocycles. The van der Waals surface area contributed by atoms with E-state index in [-0.39, 0.29) is 11.3 Å². The molecule has 4 aromatic rings. The number of benzene rings is 1. The summed E-state index contributed by atoms with van der Waals surface area (Å²) >= 11 is 5.93. The number of halogens is 1. The van der Waals surface area contributed by atoms with Crippen LogP contribution < -0.4 is 4.90 Å². The predicted molar refractivity (Wildman–Crippen MR) is 128 cm³/mol. The molecule has 4 heterocycles. The fourth-order valence-electron chi connectivity index (χ4n) is 3.81. The van der Waals surface area contributed by atoms with Crippen LogP contribution in [0.5, 0.6) is 0 Å². The summed E-state index contributed by atoms with van der Waals surface area (Å²) in [6.07, 6.45) is 0. The van der Waals surface area contributed by atoms with Crippen molar-refractivity contribution in [2.75, 3.05) is 31.1 Å². The largest absolute Gasteiger partial charge is 0.422 e. The fraction of sp³-hybridized carbons (Fsp3) is 0.391. The van der Waals surface area contributed by atoms with Crippen LogP contribution in [0, 0.1) is 5.41 Å². The van der Waals surface area contributed by atoms with E-state index in [1.807, 2.05) is 34.1 Å². The van der Waals surface area contributed by atoms with E-state index in [0.717, 1.165) is 5.56 Å². The molecule has 11 heteroatoms. The van der Waals surface area contributed by atoms with Crippen molar-refractivity contribution < 1.29 is 9.21 Å². The molecule has 1 saturated heterocycles.